The number of nitrogens with one attached hydrogen (secondary N) is 1. The Kier molecular flexibility index (Phi) is 4.11. The molecule has 94 valence electrons. The largest absolute Gasteiger partial charge is 0.317 e. The lowest BCUT2D eigenvalue weighted by molar-refractivity contribution is 0.473. The Morgan fingerprint density at radius 2 is 2.12 bits per heavy atom. The highest BCUT2D eigenvalue weighted by molar-refractivity contribution is 5.19. The molecular formula is C14H19F2N. The molecule has 0 heterocycles. The molecule has 1 unspecified atom stereocenters. The van der Waals surface area contributed by atoms with Gasteiger partial charge in [-0.05, 0) is 43.9 Å². The summed E-state index contributed by atoms with van der Waals surface area (Å²) in [6, 6.07) is 4.12. The molecule has 0 radical (unpaired) electrons. The summed E-state index contributed by atoms with van der Waals surface area (Å²) in [4.78, 5) is 0. The minimum absolute atomic E-state index is 0.288. The van der Waals surface area contributed by atoms with Gasteiger partial charge in [0.1, 0.15) is 11.6 Å². The van der Waals surface area contributed by atoms with Crippen molar-refractivity contribution in [1.82, 2.24) is 5.32 Å². The summed E-state index contributed by atoms with van der Waals surface area (Å²) in [5.74, 6) is -0.0502. The van der Waals surface area contributed by atoms with Crippen LogP contribution in [0.25, 0.3) is 0 Å². The predicted molar refractivity (Wildman–Crippen MR) is 64.9 cm³/mol. The first kappa shape index (κ1) is 12.5. The van der Waals surface area contributed by atoms with Crippen molar-refractivity contribution in [3.63, 3.8) is 0 Å². The summed E-state index contributed by atoms with van der Waals surface area (Å²) in [7, 11) is 1.90. The standard InChI is InChI=1S/C14H19F2N/c1-17-13(7-4-10-2-3-10)8-11-5-6-12(15)9-14(11)16/h5-6,9-10,13,17H,2-4,7-8H2,1H3. The molecule has 1 fully saturated rings. The highest BCUT2D eigenvalue weighted by Crippen LogP contribution is 2.34. The fourth-order valence-corrected chi connectivity index (χ4v) is 2.14. The molecule has 1 aliphatic rings. The molecule has 0 aromatic heterocycles. The summed E-state index contributed by atoms with van der Waals surface area (Å²) >= 11 is 0. The normalized spacial score (nSPS) is 17.1. The number of likely N-dealkylation sites (N-methyl/N-ethyl adjacent to an activating group) is 1. The molecule has 0 amide bonds. The summed E-state index contributed by atoms with van der Waals surface area (Å²) < 4.78 is 26.3. The van der Waals surface area contributed by atoms with Gasteiger partial charge in [0.05, 0.1) is 0 Å². The fourth-order valence-electron chi connectivity index (χ4n) is 2.14. The van der Waals surface area contributed by atoms with Gasteiger partial charge in [0, 0.05) is 12.1 Å². The predicted octanol–water partition coefficient (Wildman–Crippen LogP) is 3.29. The minimum atomic E-state index is -0.509. The summed E-state index contributed by atoms with van der Waals surface area (Å²) in [5.41, 5.74) is 0.599. The van der Waals surface area contributed by atoms with Crippen molar-refractivity contribution in [2.75, 3.05) is 7.05 Å². The van der Waals surface area contributed by atoms with Gasteiger partial charge in [-0.1, -0.05) is 18.9 Å². The van der Waals surface area contributed by atoms with E-state index in [2.05, 4.69) is 5.32 Å². The topological polar surface area (TPSA) is 12.0 Å². The molecule has 1 atom stereocenters. The van der Waals surface area contributed by atoms with Gasteiger partial charge in [0.15, 0.2) is 0 Å². The minimum Gasteiger partial charge on any atom is -0.317 e. The van der Waals surface area contributed by atoms with Crippen molar-refractivity contribution in [1.29, 1.82) is 0 Å². The highest BCUT2D eigenvalue weighted by atomic mass is 19.1. The number of hydrogen-bond donors (Lipinski definition) is 1. The monoisotopic (exact) mass is 239 g/mol. The van der Waals surface area contributed by atoms with Crippen molar-refractivity contribution in [2.45, 2.75) is 38.1 Å². The molecule has 1 saturated carbocycles. The molecular weight excluding hydrogens is 220 g/mol. The van der Waals surface area contributed by atoms with Crippen molar-refractivity contribution in [3.05, 3.63) is 35.4 Å². The van der Waals surface area contributed by atoms with E-state index in [9.17, 15) is 8.78 Å². The second-order valence-electron chi connectivity index (χ2n) is 4.95. The van der Waals surface area contributed by atoms with Crippen LogP contribution in [0.1, 0.15) is 31.2 Å². The Bertz CT molecular complexity index is 374. The van der Waals surface area contributed by atoms with E-state index in [4.69, 9.17) is 0 Å². The fraction of sp³-hybridized carbons (Fsp3) is 0.571. The van der Waals surface area contributed by atoms with E-state index in [0.29, 0.717) is 12.0 Å². The molecule has 0 saturated heterocycles. The van der Waals surface area contributed by atoms with E-state index in [0.717, 1.165) is 18.4 Å². The summed E-state index contributed by atoms with van der Waals surface area (Å²) in [6.45, 7) is 0. The third-order valence-corrected chi connectivity index (χ3v) is 3.51. The Labute approximate surface area is 101 Å². The Hall–Kier alpha value is -0.960. The van der Waals surface area contributed by atoms with E-state index in [-0.39, 0.29) is 6.04 Å². The van der Waals surface area contributed by atoms with Crippen LogP contribution >= 0.6 is 0 Å². The zero-order valence-corrected chi connectivity index (χ0v) is 10.2. The van der Waals surface area contributed by atoms with Gasteiger partial charge in [0.2, 0.25) is 0 Å². The van der Waals surface area contributed by atoms with Gasteiger partial charge in [-0.25, -0.2) is 8.78 Å². The zero-order chi connectivity index (χ0) is 12.3. The highest BCUT2D eigenvalue weighted by Gasteiger charge is 2.22. The van der Waals surface area contributed by atoms with Gasteiger partial charge < -0.3 is 5.32 Å². The lowest BCUT2D eigenvalue weighted by Crippen LogP contribution is -2.28. The average Bonchev–Trinajstić information content (AvgIpc) is 3.11. The molecule has 1 aromatic carbocycles. The summed E-state index contributed by atoms with van der Waals surface area (Å²) in [6.07, 6.45) is 5.62. The zero-order valence-electron chi connectivity index (χ0n) is 10.2. The van der Waals surface area contributed by atoms with Crippen molar-refractivity contribution >= 4 is 0 Å². The van der Waals surface area contributed by atoms with E-state index in [1.54, 1.807) is 6.07 Å². The SMILES string of the molecule is CNC(CCC1CC1)Cc1ccc(F)cc1F. The maximum atomic E-state index is 13.5. The third-order valence-electron chi connectivity index (χ3n) is 3.51. The van der Waals surface area contributed by atoms with Crippen molar-refractivity contribution < 1.29 is 8.78 Å². The molecule has 3 heteroatoms. The van der Waals surface area contributed by atoms with E-state index < -0.39 is 11.6 Å². The number of halogens is 2. The Morgan fingerprint density at radius 1 is 1.35 bits per heavy atom. The lowest BCUT2D eigenvalue weighted by Gasteiger charge is -2.16. The second kappa shape index (κ2) is 5.58. The van der Waals surface area contributed by atoms with Crippen LogP contribution in [0.3, 0.4) is 0 Å². The van der Waals surface area contributed by atoms with E-state index in [1.165, 1.54) is 25.3 Å². The summed E-state index contributed by atoms with van der Waals surface area (Å²) in [5, 5.41) is 3.22. The molecule has 0 bridgehead atoms. The van der Waals surface area contributed by atoms with Crippen LogP contribution in [-0.2, 0) is 6.42 Å². The van der Waals surface area contributed by atoms with Gasteiger partial charge in [-0.3, -0.25) is 0 Å². The first-order valence-corrected chi connectivity index (χ1v) is 6.30. The first-order chi connectivity index (χ1) is 8.19. The second-order valence-corrected chi connectivity index (χ2v) is 4.95. The lowest BCUT2D eigenvalue weighted by atomic mass is 10.00. The van der Waals surface area contributed by atoms with Crippen LogP contribution in [-0.4, -0.2) is 13.1 Å². The van der Waals surface area contributed by atoms with Crippen molar-refractivity contribution in [3.8, 4) is 0 Å². The molecule has 1 N–H and O–H groups in total. The number of rotatable bonds is 6. The van der Waals surface area contributed by atoms with Crippen LogP contribution in [0.5, 0.6) is 0 Å². The Morgan fingerprint density at radius 3 is 2.71 bits per heavy atom. The molecule has 1 aliphatic carbocycles. The van der Waals surface area contributed by atoms with Gasteiger partial charge >= 0.3 is 0 Å². The first-order valence-electron chi connectivity index (χ1n) is 6.30. The van der Waals surface area contributed by atoms with Crippen molar-refractivity contribution in [2.24, 2.45) is 5.92 Å². The molecule has 2 rings (SSSR count). The van der Waals surface area contributed by atoms with Gasteiger partial charge in [0.25, 0.3) is 0 Å². The maximum Gasteiger partial charge on any atom is 0.129 e. The molecule has 1 aromatic rings. The van der Waals surface area contributed by atoms with Gasteiger partial charge in [-0.15, -0.1) is 0 Å². The molecule has 17 heavy (non-hydrogen) atoms. The molecule has 0 aliphatic heterocycles. The maximum absolute atomic E-state index is 13.5. The van der Waals surface area contributed by atoms with E-state index >= 15 is 0 Å². The average molecular weight is 239 g/mol. The Balaban J connectivity index is 1.91. The smallest absolute Gasteiger partial charge is 0.129 e. The van der Waals surface area contributed by atoms with Gasteiger partial charge in [-0.2, -0.15) is 0 Å². The number of benzene rings is 1. The number of hydrogen-bond acceptors (Lipinski definition) is 1. The van der Waals surface area contributed by atoms with E-state index in [1.807, 2.05) is 7.05 Å². The van der Waals surface area contributed by atoms with Crippen LogP contribution in [0, 0.1) is 17.6 Å². The molecule has 0 spiro atoms. The molecule has 1 nitrogen and oxygen atoms in total. The van der Waals surface area contributed by atoms with Crippen LogP contribution in [0.2, 0.25) is 0 Å². The third kappa shape index (κ3) is 3.77. The van der Waals surface area contributed by atoms with Crippen LogP contribution < -0.4 is 5.32 Å². The van der Waals surface area contributed by atoms with Crippen LogP contribution in [0.4, 0.5) is 8.78 Å². The van der Waals surface area contributed by atoms with Crippen LogP contribution in [0.15, 0.2) is 18.2 Å². The quantitative estimate of drug-likeness (QED) is 0.803.